The van der Waals surface area contributed by atoms with E-state index in [1.165, 1.54) is 12.8 Å². The average molecular weight is 182 g/mol. The van der Waals surface area contributed by atoms with Crippen LogP contribution in [0, 0.1) is 0 Å². The summed E-state index contributed by atoms with van der Waals surface area (Å²) in [5, 5.41) is 0. The van der Waals surface area contributed by atoms with Crippen molar-refractivity contribution in [3.63, 3.8) is 0 Å². The van der Waals surface area contributed by atoms with Gasteiger partial charge in [0.05, 0.1) is 0 Å². The molecular formula is C11H18O2. The molecule has 0 heterocycles. The van der Waals surface area contributed by atoms with Crippen molar-refractivity contribution in [1.82, 2.24) is 0 Å². The second kappa shape index (κ2) is 5.05. The number of hydrogen-bond donors (Lipinski definition) is 0. The van der Waals surface area contributed by atoms with Gasteiger partial charge in [-0.05, 0) is 39.0 Å². The lowest BCUT2D eigenvalue weighted by atomic mass is 10.2. The molecular weight excluding hydrogens is 164 g/mol. The monoisotopic (exact) mass is 182 g/mol. The number of allylic oxidation sites excluding steroid dienone is 1. The first-order valence-corrected chi connectivity index (χ1v) is 5.14. The Morgan fingerprint density at radius 2 is 2.08 bits per heavy atom. The molecule has 0 spiro atoms. The van der Waals surface area contributed by atoms with Gasteiger partial charge in [0.15, 0.2) is 0 Å². The molecule has 0 aromatic rings. The average Bonchev–Trinajstić information content (AvgIpc) is 2.59. The third-order valence-corrected chi connectivity index (χ3v) is 2.57. The lowest BCUT2D eigenvalue weighted by molar-refractivity contribution is -0.144. The van der Waals surface area contributed by atoms with Crippen LogP contribution in [0.25, 0.3) is 0 Å². The fraction of sp³-hybridized carbons (Fsp3) is 0.727. The highest BCUT2D eigenvalue weighted by molar-refractivity contribution is 5.88. The molecule has 2 heteroatoms. The lowest BCUT2D eigenvalue weighted by Gasteiger charge is -2.11. The van der Waals surface area contributed by atoms with Gasteiger partial charge in [-0.1, -0.05) is 13.0 Å². The predicted molar refractivity (Wildman–Crippen MR) is 52.4 cm³/mol. The molecule has 0 aromatic carbocycles. The molecule has 0 saturated heterocycles. The van der Waals surface area contributed by atoms with Crippen LogP contribution in [0.3, 0.4) is 0 Å². The van der Waals surface area contributed by atoms with E-state index >= 15 is 0 Å². The van der Waals surface area contributed by atoms with Gasteiger partial charge in [0.2, 0.25) is 0 Å². The number of esters is 1. The molecule has 74 valence electrons. The number of carbonyl (C=O) groups is 1. The van der Waals surface area contributed by atoms with Gasteiger partial charge in [0, 0.05) is 5.57 Å². The Kier molecular flexibility index (Phi) is 4.00. The van der Waals surface area contributed by atoms with Crippen LogP contribution in [-0.4, -0.2) is 12.1 Å². The van der Waals surface area contributed by atoms with E-state index in [0.717, 1.165) is 24.8 Å². The first-order chi connectivity index (χ1) is 6.27. The van der Waals surface area contributed by atoms with E-state index in [9.17, 15) is 4.79 Å². The minimum Gasteiger partial charge on any atom is -0.459 e. The fourth-order valence-corrected chi connectivity index (χ4v) is 1.70. The standard InChI is InChI=1S/C11H18O2/c1-3-9(4-2)11(12)13-10-7-5-6-8-10/h3,10H,4-8H2,1-2H3. The van der Waals surface area contributed by atoms with E-state index in [1.807, 2.05) is 19.9 Å². The number of hydrogen-bond acceptors (Lipinski definition) is 2. The molecule has 0 unspecified atom stereocenters. The largest absolute Gasteiger partial charge is 0.459 e. The summed E-state index contributed by atoms with van der Waals surface area (Å²) in [7, 11) is 0. The molecule has 1 fully saturated rings. The van der Waals surface area contributed by atoms with E-state index in [0.29, 0.717) is 0 Å². The Morgan fingerprint density at radius 1 is 1.46 bits per heavy atom. The zero-order chi connectivity index (χ0) is 9.68. The van der Waals surface area contributed by atoms with Crippen LogP contribution >= 0.6 is 0 Å². The molecule has 2 nitrogen and oxygen atoms in total. The van der Waals surface area contributed by atoms with Crippen LogP contribution in [0.2, 0.25) is 0 Å². The van der Waals surface area contributed by atoms with E-state index in [-0.39, 0.29) is 12.1 Å². The molecule has 1 aliphatic rings. The van der Waals surface area contributed by atoms with Gasteiger partial charge in [0.25, 0.3) is 0 Å². The summed E-state index contributed by atoms with van der Waals surface area (Å²) in [5.41, 5.74) is 0.798. The molecule has 1 aliphatic carbocycles. The summed E-state index contributed by atoms with van der Waals surface area (Å²) in [6, 6.07) is 0. The Labute approximate surface area is 80.0 Å². The summed E-state index contributed by atoms with van der Waals surface area (Å²) < 4.78 is 5.35. The van der Waals surface area contributed by atoms with Crippen LogP contribution in [0.15, 0.2) is 11.6 Å². The summed E-state index contributed by atoms with van der Waals surface area (Å²) >= 11 is 0. The third-order valence-electron chi connectivity index (χ3n) is 2.57. The SMILES string of the molecule is CC=C(CC)C(=O)OC1CCCC1. The Balaban J connectivity index is 2.39. The van der Waals surface area contributed by atoms with Gasteiger partial charge in [-0.15, -0.1) is 0 Å². The number of carbonyl (C=O) groups excluding carboxylic acids is 1. The maximum atomic E-state index is 11.5. The maximum absolute atomic E-state index is 11.5. The van der Waals surface area contributed by atoms with Crippen molar-refractivity contribution in [3.8, 4) is 0 Å². The zero-order valence-electron chi connectivity index (χ0n) is 8.51. The third kappa shape index (κ3) is 2.87. The molecule has 1 rings (SSSR count). The topological polar surface area (TPSA) is 26.3 Å². The minimum atomic E-state index is -0.114. The maximum Gasteiger partial charge on any atom is 0.333 e. The highest BCUT2D eigenvalue weighted by Gasteiger charge is 2.20. The summed E-state index contributed by atoms with van der Waals surface area (Å²) in [6.07, 6.45) is 7.30. The predicted octanol–water partition coefficient (Wildman–Crippen LogP) is 2.83. The lowest BCUT2D eigenvalue weighted by Crippen LogP contribution is -2.16. The van der Waals surface area contributed by atoms with Crippen molar-refractivity contribution >= 4 is 5.97 Å². The van der Waals surface area contributed by atoms with Crippen molar-refractivity contribution in [2.75, 3.05) is 0 Å². The van der Waals surface area contributed by atoms with Crippen molar-refractivity contribution in [1.29, 1.82) is 0 Å². The van der Waals surface area contributed by atoms with Gasteiger partial charge in [0.1, 0.15) is 6.10 Å². The second-order valence-corrected chi connectivity index (χ2v) is 3.48. The molecule has 0 aromatic heterocycles. The normalized spacial score (nSPS) is 19.1. The smallest absolute Gasteiger partial charge is 0.333 e. The fourth-order valence-electron chi connectivity index (χ4n) is 1.70. The highest BCUT2D eigenvalue weighted by Crippen LogP contribution is 2.22. The zero-order valence-corrected chi connectivity index (χ0v) is 8.51. The Hall–Kier alpha value is -0.790. The highest BCUT2D eigenvalue weighted by atomic mass is 16.5. The van der Waals surface area contributed by atoms with Crippen LogP contribution in [0.5, 0.6) is 0 Å². The van der Waals surface area contributed by atoms with Gasteiger partial charge < -0.3 is 4.74 Å². The van der Waals surface area contributed by atoms with E-state index in [2.05, 4.69) is 0 Å². The van der Waals surface area contributed by atoms with Gasteiger partial charge in [-0.3, -0.25) is 0 Å². The molecule has 0 amide bonds. The molecule has 13 heavy (non-hydrogen) atoms. The quantitative estimate of drug-likeness (QED) is 0.495. The molecule has 0 bridgehead atoms. The summed E-state index contributed by atoms with van der Waals surface area (Å²) in [5.74, 6) is -0.114. The van der Waals surface area contributed by atoms with Crippen molar-refractivity contribution in [2.45, 2.75) is 52.1 Å². The first-order valence-electron chi connectivity index (χ1n) is 5.14. The summed E-state index contributed by atoms with van der Waals surface area (Å²) in [4.78, 5) is 11.5. The molecule has 1 saturated carbocycles. The van der Waals surface area contributed by atoms with Crippen LogP contribution in [0.4, 0.5) is 0 Å². The van der Waals surface area contributed by atoms with Crippen molar-refractivity contribution in [3.05, 3.63) is 11.6 Å². The van der Waals surface area contributed by atoms with E-state index < -0.39 is 0 Å². The van der Waals surface area contributed by atoms with E-state index in [1.54, 1.807) is 0 Å². The number of rotatable bonds is 3. The molecule has 0 radical (unpaired) electrons. The minimum absolute atomic E-state index is 0.114. The van der Waals surface area contributed by atoms with Crippen molar-refractivity contribution in [2.24, 2.45) is 0 Å². The second-order valence-electron chi connectivity index (χ2n) is 3.48. The first kappa shape index (κ1) is 10.3. The van der Waals surface area contributed by atoms with Crippen LogP contribution < -0.4 is 0 Å². The number of ether oxygens (including phenoxy) is 1. The van der Waals surface area contributed by atoms with Crippen molar-refractivity contribution < 1.29 is 9.53 Å². The Bertz CT molecular complexity index is 200. The van der Waals surface area contributed by atoms with Crippen LogP contribution in [0.1, 0.15) is 46.0 Å². The van der Waals surface area contributed by atoms with Gasteiger partial charge in [-0.2, -0.15) is 0 Å². The molecule has 0 atom stereocenters. The molecule has 0 aliphatic heterocycles. The summed E-state index contributed by atoms with van der Waals surface area (Å²) in [6.45, 7) is 3.86. The van der Waals surface area contributed by atoms with Gasteiger partial charge >= 0.3 is 5.97 Å². The molecule has 0 N–H and O–H groups in total. The van der Waals surface area contributed by atoms with E-state index in [4.69, 9.17) is 4.74 Å². The van der Waals surface area contributed by atoms with Gasteiger partial charge in [-0.25, -0.2) is 4.79 Å². The Morgan fingerprint density at radius 3 is 2.54 bits per heavy atom. The van der Waals surface area contributed by atoms with Crippen LogP contribution in [-0.2, 0) is 9.53 Å².